The summed E-state index contributed by atoms with van der Waals surface area (Å²) in [6.45, 7) is 0. The predicted molar refractivity (Wildman–Crippen MR) is 105 cm³/mol. The van der Waals surface area contributed by atoms with E-state index in [-0.39, 0.29) is 11.8 Å². The standard InChI is InChI=1S/C22H18N2O2S/c1-5-15(23-11-1)21(17-7-3-13-25-17)19-9-10-20(27-19)22(16-6-2-12-24-16)18-8-4-14-26-18/h1-14,21-24H. The number of nitrogens with one attached hydrogen (secondary N) is 2. The van der Waals surface area contributed by atoms with Gasteiger partial charge in [-0.2, -0.15) is 0 Å². The molecule has 0 aliphatic heterocycles. The van der Waals surface area contributed by atoms with E-state index in [1.807, 2.05) is 48.8 Å². The minimum Gasteiger partial charge on any atom is -0.468 e. The molecule has 0 saturated carbocycles. The van der Waals surface area contributed by atoms with Crippen molar-refractivity contribution in [3.8, 4) is 0 Å². The van der Waals surface area contributed by atoms with Gasteiger partial charge in [0, 0.05) is 33.5 Å². The maximum absolute atomic E-state index is 5.75. The molecular weight excluding hydrogens is 356 g/mol. The first-order valence-electron chi connectivity index (χ1n) is 8.83. The Bertz CT molecular complexity index is 916. The minimum absolute atomic E-state index is 0.0506. The molecule has 0 fully saturated rings. The highest BCUT2D eigenvalue weighted by Gasteiger charge is 2.26. The van der Waals surface area contributed by atoms with Crippen molar-refractivity contribution < 1.29 is 8.83 Å². The maximum atomic E-state index is 5.75. The van der Waals surface area contributed by atoms with Gasteiger partial charge in [0.25, 0.3) is 0 Å². The molecule has 0 aliphatic carbocycles. The van der Waals surface area contributed by atoms with Crippen molar-refractivity contribution >= 4 is 11.3 Å². The molecule has 5 heterocycles. The molecule has 5 aromatic rings. The first kappa shape index (κ1) is 16.0. The molecule has 5 rings (SSSR count). The summed E-state index contributed by atoms with van der Waals surface area (Å²) in [7, 11) is 0. The summed E-state index contributed by atoms with van der Waals surface area (Å²) < 4.78 is 11.5. The minimum atomic E-state index is 0.0506. The van der Waals surface area contributed by atoms with Crippen molar-refractivity contribution in [2.45, 2.75) is 11.8 Å². The second-order valence-corrected chi connectivity index (χ2v) is 7.53. The van der Waals surface area contributed by atoms with Crippen LogP contribution in [0.4, 0.5) is 0 Å². The third-order valence-corrected chi connectivity index (χ3v) is 5.95. The molecule has 0 bridgehead atoms. The molecule has 5 heteroatoms. The Hall–Kier alpha value is -3.18. The van der Waals surface area contributed by atoms with Gasteiger partial charge in [-0.1, -0.05) is 0 Å². The quantitative estimate of drug-likeness (QED) is 0.386. The summed E-state index contributed by atoms with van der Waals surface area (Å²) in [6, 6.07) is 20.5. The maximum Gasteiger partial charge on any atom is 0.117 e. The molecule has 0 aliphatic rings. The summed E-state index contributed by atoms with van der Waals surface area (Å²) in [6.07, 6.45) is 7.35. The Labute approximate surface area is 160 Å². The van der Waals surface area contributed by atoms with Gasteiger partial charge in [0.2, 0.25) is 0 Å². The van der Waals surface area contributed by atoms with E-state index < -0.39 is 0 Å². The Kier molecular flexibility index (Phi) is 4.07. The van der Waals surface area contributed by atoms with Gasteiger partial charge in [-0.15, -0.1) is 11.3 Å². The summed E-state index contributed by atoms with van der Waals surface area (Å²) in [5.74, 6) is 1.96. The zero-order chi connectivity index (χ0) is 18.1. The van der Waals surface area contributed by atoms with E-state index in [4.69, 9.17) is 8.83 Å². The second-order valence-electron chi connectivity index (χ2n) is 6.39. The van der Waals surface area contributed by atoms with Crippen LogP contribution in [-0.2, 0) is 0 Å². The largest absolute Gasteiger partial charge is 0.468 e. The van der Waals surface area contributed by atoms with Gasteiger partial charge in [-0.3, -0.25) is 0 Å². The van der Waals surface area contributed by atoms with Gasteiger partial charge in [-0.25, -0.2) is 0 Å². The Morgan fingerprint density at radius 3 is 1.52 bits per heavy atom. The summed E-state index contributed by atoms with van der Waals surface area (Å²) in [4.78, 5) is 9.13. The SMILES string of the molecule is c1c[nH]c(C(c2ccco2)c2ccc(C(c3ccc[nH]3)c3ccco3)s2)c1. The molecule has 2 N–H and O–H groups in total. The average molecular weight is 374 g/mol. The molecule has 0 aromatic carbocycles. The van der Waals surface area contributed by atoms with Crippen molar-refractivity contribution in [2.75, 3.05) is 0 Å². The van der Waals surface area contributed by atoms with Crippen molar-refractivity contribution in [2.24, 2.45) is 0 Å². The lowest BCUT2D eigenvalue weighted by molar-refractivity contribution is 0.503. The number of aromatic nitrogens is 2. The number of hydrogen-bond acceptors (Lipinski definition) is 3. The van der Waals surface area contributed by atoms with Crippen molar-refractivity contribution in [3.05, 3.63) is 118 Å². The summed E-state index contributed by atoms with van der Waals surface area (Å²) >= 11 is 1.78. The van der Waals surface area contributed by atoms with Crippen LogP contribution < -0.4 is 0 Å². The van der Waals surface area contributed by atoms with Crippen molar-refractivity contribution in [1.29, 1.82) is 0 Å². The third-order valence-electron chi connectivity index (χ3n) is 4.74. The number of thiophene rings is 1. The highest BCUT2D eigenvalue weighted by molar-refractivity contribution is 7.12. The van der Waals surface area contributed by atoms with E-state index in [2.05, 4.69) is 34.2 Å². The van der Waals surface area contributed by atoms with Crippen LogP contribution in [0, 0.1) is 0 Å². The van der Waals surface area contributed by atoms with Crippen LogP contribution in [0.2, 0.25) is 0 Å². The monoisotopic (exact) mass is 374 g/mol. The normalized spacial score (nSPS) is 13.6. The molecule has 0 saturated heterocycles. The summed E-state index contributed by atoms with van der Waals surface area (Å²) in [5, 5.41) is 0. The van der Waals surface area contributed by atoms with E-state index in [1.54, 1.807) is 23.9 Å². The Morgan fingerprint density at radius 2 is 1.15 bits per heavy atom. The topological polar surface area (TPSA) is 57.9 Å². The molecule has 27 heavy (non-hydrogen) atoms. The lowest BCUT2D eigenvalue weighted by Crippen LogP contribution is -2.01. The fourth-order valence-electron chi connectivity index (χ4n) is 3.53. The fourth-order valence-corrected chi connectivity index (χ4v) is 4.80. The van der Waals surface area contributed by atoms with Gasteiger partial charge in [0.05, 0.1) is 24.4 Å². The zero-order valence-electron chi connectivity index (χ0n) is 14.5. The van der Waals surface area contributed by atoms with E-state index in [0.29, 0.717) is 0 Å². The van der Waals surface area contributed by atoms with Crippen LogP contribution >= 0.6 is 11.3 Å². The predicted octanol–water partition coefficient (Wildman–Crippen LogP) is 5.95. The molecule has 0 amide bonds. The molecule has 134 valence electrons. The molecule has 2 atom stereocenters. The van der Waals surface area contributed by atoms with Crippen LogP contribution in [0.1, 0.15) is 44.5 Å². The molecule has 2 unspecified atom stereocenters. The van der Waals surface area contributed by atoms with Crippen LogP contribution in [-0.4, -0.2) is 9.97 Å². The molecule has 5 aromatic heterocycles. The van der Waals surface area contributed by atoms with Gasteiger partial charge in [0.1, 0.15) is 11.5 Å². The van der Waals surface area contributed by atoms with Crippen LogP contribution in [0.25, 0.3) is 0 Å². The average Bonchev–Trinajstić information content (AvgIpc) is 3.49. The van der Waals surface area contributed by atoms with Gasteiger partial charge < -0.3 is 18.8 Å². The van der Waals surface area contributed by atoms with Gasteiger partial charge in [-0.05, 0) is 60.7 Å². The molecule has 4 nitrogen and oxygen atoms in total. The second kappa shape index (κ2) is 6.85. The smallest absolute Gasteiger partial charge is 0.117 e. The van der Waals surface area contributed by atoms with Crippen LogP contribution in [0.15, 0.2) is 94.4 Å². The highest BCUT2D eigenvalue weighted by Crippen LogP contribution is 2.41. The number of hydrogen-bond donors (Lipinski definition) is 2. The summed E-state index contributed by atoms with van der Waals surface area (Å²) in [5.41, 5.74) is 2.24. The van der Waals surface area contributed by atoms with Crippen LogP contribution in [0.3, 0.4) is 0 Å². The van der Waals surface area contributed by atoms with Crippen molar-refractivity contribution in [1.82, 2.24) is 9.97 Å². The lowest BCUT2D eigenvalue weighted by atomic mass is 9.99. The Balaban J connectivity index is 1.58. The molecule has 0 spiro atoms. The number of rotatable bonds is 6. The fraction of sp³-hybridized carbons (Fsp3) is 0.0909. The van der Waals surface area contributed by atoms with E-state index in [9.17, 15) is 0 Å². The number of H-pyrrole nitrogens is 2. The first-order chi connectivity index (χ1) is 13.4. The molecular formula is C22H18N2O2S. The zero-order valence-corrected chi connectivity index (χ0v) is 15.3. The number of aromatic amines is 2. The van der Waals surface area contributed by atoms with E-state index in [0.717, 1.165) is 22.9 Å². The third kappa shape index (κ3) is 2.96. The van der Waals surface area contributed by atoms with Crippen molar-refractivity contribution in [3.63, 3.8) is 0 Å². The van der Waals surface area contributed by atoms with Crippen LogP contribution in [0.5, 0.6) is 0 Å². The van der Waals surface area contributed by atoms with E-state index in [1.165, 1.54) is 9.75 Å². The van der Waals surface area contributed by atoms with E-state index >= 15 is 0 Å². The highest BCUT2D eigenvalue weighted by atomic mass is 32.1. The van der Waals surface area contributed by atoms with Gasteiger partial charge in [0.15, 0.2) is 0 Å². The molecule has 0 radical (unpaired) electrons. The number of furan rings is 2. The van der Waals surface area contributed by atoms with Gasteiger partial charge >= 0.3 is 0 Å². The Morgan fingerprint density at radius 1 is 0.630 bits per heavy atom. The lowest BCUT2D eigenvalue weighted by Gasteiger charge is -2.13. The first-order valence-corrected chi connectivity index (χ1v) is 9.65.